The second-order valence-corrected chi connectivity index (χ2v) is 36.3. The molecule has 12 fully saturated rings. The quantitative estimate of drug-likeness (QED) is 0.0229. The highest BCUT2D eigenvalue weighted by Gasteiger charge is 2.58. The van der Waals surface area contributed by atoms with Crippen LogP contribution in [-0.4, -0.2) is 594 Å². The zero-order valence-electron chi connectivity index (χ0n) is 76.8. The van der Waals surface area contributed by atoms with Crippen molar-refractivity contribution in [2.75, 3.05) is 33.0 Å². The fourth-order valence-electron chi connectivity index (χ4n) is 16.3. The summed E-state index contributed by atoms with van der Waals surface area (Å²) in [5, 5.41) is 378. The molecule has 826 valence electrons. The van der Waals surface area contributed by atoms with Crippen LogP contribution in [0.3, 0.4) is 0 Å². The molecule has 12 rings (SSSR count). The largest absolute Gasteiger partial charge is 0.395 e. The van der Waals surface area contributed by atoms with E-state index in [1.807, 2.05) is 0 Å². The molecule has 12 aliphatic rings. The van der Waals surface area contributed by atoms with E-state index in [-0.39, 0.29) is 6.54 Å². The average molecular weight is 2090 g/mol. The molecule has 0 aliphatic carbocycles. The van der Waals surface area contributed by atoms with Gasteiger partial charge in [-0.15, -0.1) is 11.8 Å². The number of hydrogen-bond acceptors (Lipinski definition) is 58. The average Bonchev–Trinajstić information content (AvgIpc) is 0.800. The number of thioether (sulfide) groups is 1. The number of azide groups is 2. The van der Waals surface area contributed by atoms with Crippen molar-refractivity contribution in [3.05, 3.63) is 20.9 Å². The van der Waals surface area contributed by atoms with Crippen LogP contribution >= 0.6 is 11.8 Å². The number of nitrogens with zero attached hydrogens (tertiary/aromatic N) is 6. The number of alkyl halides is 1. The smallest absolute Gasteiger partial charge is 0.189 e. The predicted octanol–water partition coefficient (Wildman–Crippen LogP) is -18.5. The molecule has 0 spiro atoms. The van der Waals surface area contributed by atoms with E-state index >= 15 is 0 Å². The first kappa shape index (κ1) is 125. The molecule has 0 aromatic heterocycles. The Morgan fingerprint density at radius 1 is 0.241 bits per heavy atom. The number of aliphatic hydroxyl groups excluding tert-OH is 38. The second-order valence-electron chi connectivity index (χ2n) is 34.9. The van der Waals surface area contributed by atoms with Crippen LogP contribution in [0.2, 0.25) is 0 Å². The minimum Gasteiger partial charge on any atom is -0.395 e. The van der Waals surface area contributed by atoms with E-state index in [0.717, 1.165) is 11.8 Å². The van der Waals surface area contributed by atoms with Crippen LogP contribution in [0.4, 0.5) is 4.39 Å². The van der Waals surface area contributed by atoms with Crippen molar-refractivity contribution in [3.8, 4) is 0 Å². The fourth-order valence-corrected chi connectivity index (χ4v) is 17.6. The Labute approximate surface area is 805 Å². The lowest BCUT2D eigenvalue weighted by atomic mass is 9.96. The highest BCUT2D eigenvalue weighted by molar-refractivity contribution is 8.00. The number of halogens is 1. The highest BCUT2D eigenvalue weighted by Crippen LogP contribution is 2.40. The Bertz CT molecular complexity index is 3350. The van der Waals surface area contributed by atoms with E-state index < -0.39 is 393 Å². The first-order valence-corrected chi connectivity index (χ1v) is 46.4. The standard InChI is InChI=1S/C13H23FO9.2C13H23N3O9.C13H24O10.C13H24O9S.C13H24O9/c1-2-4-6(15)8(17)10(19)12(21-4)23-13-11(20)9(18)7(16)5(3-14)22-13;1-2-4-7(18)9(20)11(22)13(23-4)25-12-10(21)8(19)6(15-16-14)5(3-17)24-12;1-2-4-6(17)8(19)10(21)12(23-4)25-13-11(22)9(20)7(18)5(24-13)3-15-16-14;1-2-4-6(15)8(17)10(19)12(21-4)23-13-11(20)9(18)7(16)5(3-14)22-13;1-2-4-6(15)8(17)10(19)12(21-4)22-13-11(20)9(18)7(16)5(3-14)23-13;1-3-5-7(15)9(17)11(19)13(21-5)22-12-10(18)8(16)6(14)4(2)20-12/h4-13,15-20H,2-3H2,1H3;2*4-13,17-22H,2-3H2,1H3;2*4-20H,2-3H2,1H3;4-19H,3H2,1-2H3/t4?,5?,6-,7-,8?,9+,10-,11?,12-,13-;4?,5?,6-,7-,8+,9?,10?,11-,12-,13-;4?,5?,6-,7-,8?,9+,10-,11?,12-,13-;4?,5?,6-,7+,8?,9+,10-,11?,12-,13-;4?,5?,6-,7-,8?,9+,10-,11?,12-,13+;4?,5?,6-,7-,8+,9?,10?,11-,12-,13-/m111111/s1. The van der Waals surface area contributed by atoms with Crippen LogP contribution in [0.25, 0.3) is 20.9 Å². The maximum absolute atomic E-state index is 12.8. The third-order valence-electron chi connectivity index (χ3n) is 25.4. The Kier molecular flexibility index (Phi) is 50.6. The van der Waals surface area contributed by atoms with Gasteiger partial charge < -0.3 is 275 Å². The normalized spacial score (nSPS) is 50.6. The lowest BCUT2D eigenvalue weighted by molar-refractivity contribution is -0.375. The van der Waals surface area contributed by atoms with Crippen molar-refractivity contribution in [2.45, 2.75) is 454 Å². The predicted molar refractivity (Wildman–Crippen MR) is 449 cm³/mol. The van der Waals surface area contributed by atoms with Gasteiger partial charge in [-0.05, 0) is 56.5 Å². The topological polar surface area (TPSA) is 1020 Å². The summed E-state index contributed by atoms with van der Waals surface area (Å²) in [7, 11) is 0. The molecular weight excluding hydrogens is 1950 g/mol. The van der Waals surface area contributed by atoms with Crippen LogP contribution in [0.1, 0.15) is 87.0 Å². The number of hydrogen-bond donors (Lipinski definition) is 38. The number of rotatable bonds is 25. The van der Waals surface area contributed by atoms with Crippen molar-refractivity contribution in [1.29, 1.82) is 0 Å². The van der Waals surface area contributed by atoms with Gasteiger partial charge in [0.1, 0.15) is 226 Å². The Morgan fingerprint density at radius 2 is 0.461 bits per heavy atom. The molecule has 24 unspecified atom stereocenters. The van der Waals surface area contributed by atoms with Gasteiger partial charge in [-0.3, -0.25) is 0 Å². The van der Waals surface area contributed by atoms with Crippen molar-refractivity contribution in [3.63, 3.8) is 0 Å². The molecular formula is C78H141FN6O55S. The van der Waals surface area contributed by atoms with E-state index in [9.17, 15) is 193 Å². The molecule has 0 aromatic carbocycles. The van der Waals surface area contributed by atoms with Crippen LogP contribution in [-0.2, 0) is 80.5 Å². The van der Waals surface area contributed by atoms with Gasteiger partial charge in [0.2, 0.25) is 0 Å². The van der Waals surface area contributed by atoms with E-state index in [2.05, 4.69) is 20.1 Å². The first-order valence-electron chi connectivity index (χ1n) is 45.4. The zero-order chi connectivity index (χ0) is 106. The third-order valence-corrected chi connectivity index (χ3v) is 26.8. The summed E-state index contributed by atoms with van der Waals surface area (Å²) in [6.45, 7) is 8.55. The van der Waals surface area contributed by atoms with Gasteiger partial charge in [0.25, 0.3) is 0 Å². The number of aliphatic hydroxyl groups is 38. The third kappa shape index (κ3) is 30.0. The second kappa shape index (κ2) is 57.2. The van der Waals surface area contributed by atoms with Gasteiger partial charge in [0.15, 0.2) is 69.2 Å². The monoisotopic (exact) mass is 2090 g/mol. The van der Waals surface area contributed by atoms with Crippen molar-refractivity contribution >= 4 is 11.8 Å². The molecule has 12 heterocycles. The highest BCUT2D eigenvalue weighted by atomic mass is 32.2. The molecule has 12 saturated heterocycles. The van der Waals surface area contributed by atoms with E-state index in [1.54, 1.807) is 41.5 Å². The van der Waals surface area contributed by atoms with Gasteiger partial charge in [0.05, 0.1) is 105 Å². The van der Waals surface area contributed by atoms with Crippen LogP contribution in [0, 0.1) is 0 Å². The molecule has 0 saturated carbocycles. The minimum atomic E-state index is -1.72. The molecule has 0 bridgehead atoms. The molecule has 61 nitrogen and oxygen atoms in total. The van der Waals surface area contributed by atoms with E-state index in [1.165, 1.54) is 6.92 Å². The van der Waals surface area contributed by atoms with Crippen molar-refractivity contribution < 1.29 is 279 Å². The van der Waals surface area contributed by atoms with Gasteiger partial charge in [-0.2, -0.15) is 0 Å². The first-order chi connectivity index (χ1) is 66.4. The summed E-state index contributed by atoms with van der Waals surface area (Å²) in [6.07, 6.45) is -77.6. The molecule has 0 amide bonds. The molecule has 12 aliphatic heterocycles. The molecule has 38 N–H and O–H groups in total. The lowest BCUT2D eigenvalue weighted by Gasteiger charge is -2.45. The Hall–Kier alpha value is -3.30. The van der Waals surface area contributed by atoms with Crippen molar-refractivity contribution in [2.24, 2.45) is 10.2 Å². The SMILES string of the molecule is CCC1O[C@H](O[C@H]2OC(C)[C@@H](O)[C@H](O)C2O)[C@H](O)C(O)[C@@H]1O.CCC1O[C@H](O[C@H]2OC(CF)[C@@H](O)[C@H](O)C2O)[C@H](O)C(O)[C@@H]1O.CCC1O[C@H](O[C@H]2OC(CN=[N+]=[N-])[C@@H](O)[C@H](O)C2O)[C@H](O)C(O)[C@@H]1O.CCC1O[C@H](O[C@H]2OC(CO)[C@@H](N=[N+]=[N-])[C@H](O)C2O)[C@H](O)C(O)[C@@H]1O.CCC1O[C@H](O[C@H]2OC(CO)[C@H](O)[C@H](O)C2O)[C@H](O)C(O)[C@@H]1O.CCC1O[C@H](O[C@H]2SC(CO)[C@@H](O)[C@H](O)C2O)[C@H](O)C(O)[C@@H]1O. The number of ether oxygens (including phenoxy) is 17. The Morgan fingerprint density at radius 3 is 0.723 bits per heavy atom. The van der Waals surface area contributed by atoms with Crippen molar-refractivity contribution in [1.82, 2.24) is 0 Å². The van der Waals surface area contributed by atoms with E-state index in [0.29, 0.717) is 38.5 Å². The van der Waals surface area contributed by atoms with Gasteiger partial charge in [-0.1, -0.05) is 51.8 Å². The van der Waals surface area contributed by atoms with Crippen LogP contribution < -0.4 is 0 Å². The Balaban J connectivity index is 0.000000230. The maximum atomic E-state index is 12.8. The minimum absolute atomic E-state index is 0.313. The zero-order valence-corrected chi connectivity index (χ0v) is 77.6. The van der Waals surface area contributed by atoms with Crippen LogP contribution in [0.15, 0.2) is 10.2 Å². The lowest BCUT2D eigenvalue weighted by Crippen LogP contribution is -2.63. The summed E-state index contributed by atoms with van der Waals surface area (Å²) in [5.41, 5.74) is 15.8. The summed E-state index contributed by atoms with van der Waals surface area (Å²) < 4.78 is 103. The van der Waals surface area contributed by atoms with Gasteiger partial charge in [0, 0.05) is 9.82 Å². The summed E-state index contributed by atoms with van der Waals surface area (Å²) in [5.74, 6) is 0. The maximum Gasteiger partial charge on any atom is 0.189 e. The molecule has 0 aromatic rings. The summed E-state index contributed by atoms with van der Waals surface area (Å²) in [6, 6.07) is -1.24. The fraction of sp³-hybridized carbons (Fsp3) is 1.00. The van der Waals surface area contributed by atoms with Crippen LogP contribution in [0.5, 0.6) is 0 Å². The van der Waals surface area contributed by atoms with E-state index in [4.69, 9.17) is 96.7 Å². The molecule has 0 radical (unpaired) electrons. The summed E-state index contributed by atoms with van der Waals surface area (Å²) in [4.78, 5) is 5.05. The molecule has 60 atom stereocenters. The molecule has 63 heteroatoms. The van der Waals surface area contributed by atoms with Gasteiger partial charge >= 0.3 is 0 Å². The summed E-state index contributed by atoms with van der Waals surface area (Å²) >= 11 is 0.891. The van der Waals surface area contributed by atoms with Gasteiger partial charge in [-0.25, -0.2) is 4.39 Å². The molecule has 141 heavy (non-hydrogen) atoms.